The van der Waals surface area contributed by atoms with Crippen LogP contribution in [-0.2, 0) is 4.79 Å². The van der Waals surface area contributed by atoms with Gasteiger partial charge in [-0.05, 0) is 67.1 Å². The summed E-state index contributed by atoms with van der Waals surface area (Å²) in [4.78, 5) is 28.8. The van der Waals surface area contributed by atoms with Crippen LogP contribution in [0.15, 0.2) is 60.7 Å². The lowest BCUT2D eigenvalue weighted by atomic mass is 10.1. The Labute approximate surface area is 176 Å². The number of aromatic nitrogens is 1. The average Bonchev–Trinajstić information content (AvgIpc) is 3.17. The number of anilines is 2. The third kappa shape index (κ3) is 3.51. The van der Waals surface area contributed by atoms with Crippen LogP contribution in [-0.4, -0.2) is 23.4 Å². The van der Waals surface area contributed by atoms with E-state index in [1.807, 2.05) is 30.3 Å². The predicted molar refractivity (Wildman–Crippen MR) is 118 cm³/mol. The summed E-state index contributed by atoms with van der Waals surface area (Å²) in [6.45, 7) is 2.05. The van der Waals surface area contributed by atoms with Gasteiger partial charge in [-0.3, -0.25) is 9.59 Å². The molecule has 4 aromatic rings. The quantitative estimate of drug-likeness (QED) is 0.501. The Hall–Kier alpha value is -3.71. The zero-order valence-corrected chi connectivity index (χ0v) is 16.9. The van der Waals surface area contributed by atoms with Crippen molar-refractivity contribution in [3.63, 3.8) is 0 Å². The number of fused-ring (bicyclic) bond motifs is 2. The molecule has 0 atom stereocenters. The summed E-state index contributed by atoms with van der Waals surface area (Å²) in [6, 6.07) is 18.8. The Kier molecular flexibility index (Phi) is 4.44. The van der Waals surface area contributed by atoms with Crippen molar-refractivity contribution >= 4 is 44.7 Å². The molecule has 1 aromatic heterocycles. The van der Waals surface area contributed by atoms with E-state index in [1.54, 1.807) is 29.5 Å². The number of carbonyl (C=O) groups excluding carboxylic acids is 2. The molecule has 0 spiro atoms. The number of hydrogen-bond donors (Lipinski definition) is 2. The number of benzene rings is 3. The van der Waals surface area contributed by atoms with Crippen molar-refractivity contribution < 1.29 is 14.3 Å². The fraction of sp³-hybridized carbons (Fsp3) is 0.0870. The number of ether oxygens (including phenoxy) is 1. The first kappa shape index (κ1) is 18.3. The molecule has 2 heterocycles. The van der Waals surface area contributed by atoms with Crippen LogP contribution in [0.2, 0.25) is 0 Å². The van der Waals surface area contributed by atoms with E-state index in [0.29, 0.717) is 22.7 Å². The molecule has 0 saturated carbocycles. The van der Waals surface area contributed by atoms with E-state index in [9.17, 15) is 9.59 Å². The van der Waals surface area contributed by atoms with Crippen LogP contribution >= 0.6 is 11.3 Å². The van der Waals surface area contributed by atoms with Crippen LogP contribution in [0.1, 0.15) is 15.9 Å². The van der Waals surface area contributed by atoms with E-state index in [-0.39, 0.29) is 18.4 Å². The number of nitrogens with one attached hydrogen (secondary N) is 2. The maximum atomic E-state index is 12.6. The van der Waals surface area contributed by atoms with Gasteiger partial charge in [-0.15, -0.1) is 11.3 Å². The molecule has 0 aliphatic carbocycles. The van der Waals surface area contributed by atoms with Gasteiger partial charge in [-0.25, -0.2) is 4.98 Å². The smallest absolute Gasteiger partial charge is 0.262 e. The highest BCUT2D eigenvalue weighted by molar-refractivity contribution is 7.21. The number of aryl methyl sites for hydroxylation is 1. The van der Waals surface area contributed by atoms with E-state index in [4.69, 9.17) is 9.72 Å². The minimum atomic E-state index is -0.263. The number of amides is 2. The molecule has 2 N–H and O–H groups in total. The summed E-state index contributed by atoms with van der Waals surface area (Å²) in [5.41, 5.74) is 4.82. The fourth-order valence-corrected chi connectivity index (χ4v) is 4.35. The number of carbonyl (C=O) groups is 2. The molecule has 0 radical (unpaired) electrons. The molecule has 0 bridgehead atoms. The Bertz CT molecular complexity index is 1300. The van der Waals surface area contributed by atoms with E-state index >= 15 is 0 Å². The number of nitrogens with zero attached hydrogens (tertiary/aromatic N) is 1. The van der Waals surface area contributed by atoms with Gasteiger partial charge in [0.25, 0.3) is 11.8 Å². The molecule has 0 unspecified atom stereocenters. The zero-order chi connectivity index (χ0) is 20.7. The third-order valence-corrected chi connectivity index (χ3v) is 5.88. The summed E-state index contributed by atoms with van der Waals surface area (Å²) < 4.78 is 6.48. The monoisotopic (exact) mass is 415 g/mol. The van der Waals surface area contributed by atoms with Crippen molar-refractivity contribution in [2.24, 2.45) is 0 Å². The molecule has 6 nitrogen and oxygen atoms in total. The average molecular weight is 415 g/mol. The Balaban J connectivity index is 1.34. The Morgan fingerprint density at radius 1 is 1.10 bits per heavy atom. The van der Waals surface area contributed by atoms with Crippen molar-refractivity contribution in [1.29, 1.82) is 0 Å². The molecule has 7 heteroatoms. The van der Waals surface area contributed by atoms with Gasteiger partial charge >= 0.3 is 0 Å². The van der Waals surface area contributed by atoms with Crippen LogP contribution in [0.5, 0.6) is 5.75 Å². The molecule has 2 amide bonds. The number of rotatable bonds is 3. The number of hydrogen-bond acceptors (Lipinski definition) is 5. The van der Waals surface area contributed by atoms with Crippen molar-refractivity contribution in [2.45, 2.75) is 6.92 Å². The van der Waals surface area contributed by atoms with E-state index < -0.39 is 0 Å². The highest BCUT2D eigenvalue weighted by atomic mass is 32.1. The van der Waals surface area contributed by atoms with Gasteiger partial charge < -0.3 is 15.4 Å². The minimum Gasteiger partial charge on any atom is -0.482 e. The normalized spacial score (nSPS) is 12.8. The van der Waals surface area contributed by atoms with Crippen LogP contribution in [0.4, 0.5) is 11.4 Å². The Morgan fingerprint density at radius 2 is 1.93 bits per heavy atom. The standard InChI is InChI=1S/C23H17N3O3S/c1-13-2-8-17-20(10-13)30-23(26-17)14-3-6-16(7-4-14)24-22(28)15-5-9-19-18(11-15)25-21(27)12-29-19/h2-11H,12H2,1H3,(H,24,28)(H,25,27). The van der Waals surface area contributed by atoms with Crippen LogP contribution in [0.25, 0.3) is 20.8 Å². The van der Waals surface area contributed by atoms with Gasteiger partial charge in [0.05, 0.1) is 15.9 Å². The van der Waals surface area contributed by atoms with Gasteiger partial charge in [0.15, 0.2) is 6.61 Å². The molecule has 3 aromatic carbocycles. The first-order valence-corrected chi connectivity index (χ1v) is 10.2. The lowest BCUT2D eigenvalue weighted by molar-refractivity contribution is -0.118. The molecular formula is C23H17N3O3S. The highest BCUT2D eigenvalue weighted by Crippen LogP contribution is 2.32. The minimum absolute atomic E-state index is 0.0147. The molecule has 148 valence electrons. The first-order chi connectivity index (χ1) is 14.5. The van der Waals surface area contributed by atoms with Crippen LogP contribution in [0.3, 0.4) is 0 Å². The lowest BCUT2D eigenvalue weighted by Crippen LogP contribution is -2.25. The fourth-order valence-electron chi connectivity index (χ4n) is 3.28. The topological polar surface area (TPSA) is 80.3 Å². The first-order valence-electron chi connectivity index (χ1n) is 9.41. The number of thiazole rings is 1. The molecular weight excluding hydrogens is 398 g/mol. The summed E-state index contributed by atoms with van der Waals surface area (Å²) in [5, 5.41) is 6.53. The van der Waals surface area contributed by atoms with Crippen molar-refractivity contribution in [2.75, 3.05) is 17.2 Å². The molecule has 30 heavy (non-hydrogen) atoms. The van der Waals surface area contributed by atoms with Crippen molar-refractivity contribution in [3.05, 3.63) is 71.8 Å². The second-order valence-electron chi connectivity index (χ2n) is 7.07. The van der Waals surface area contributed by atoms with Crippen molar-refractivity contribution in [3.8, 4) is 16.3 Å². The molecule has 0 saturated heterocycles. The summed E-state index contributed by atoms with van der Waals surface area (Å²) >= 11 is 1.65. The van der Waals surface area contributed by atoms with Crippen LogP contribution in [0, 0.1) is 6.92 Å². The van der Waals surface area contributed by atoms with Gasteiger partial charge in [-0.2, -0.15) is 0 Å². The zero-order valence-electron chi connectivity index (χ0n) is 16.1. The molecule has 5 rings (SSSR count). The molecule has 1 aliphatic heterocycles. The highest BCUT2D eigenvalue weighted by Gasteiger charge is 2.18. The van der Waals surface area contributed by atoms with Gasteiger partial charge in [0, 0.05) is 16.8 Å². The maximum Gasteiger partial charge on any atom is 0.262 e. The largest absolute Gasteiger partial charge is 0.482 e. The second kappa shape index (κ2) is 7.27. The van der Waals surface area contributed by atoms with Crippen molar-refractivity contribution in [1.82, 2.24) is 4.98 Å². The van der Waals surface area contributed by atoms with Gasteiger partial charge in [0.1, 0.15) is 10.8 Å². The predicted octanol–water partition coefficient (Wildman–Crippen LogP) is 4.85. The van der Waals surface area contributed by atoms with Crippen LogP contribution < -0.4 is 15.4 Å². The summed E-state index contributed by atoms with van der Waals surface area (Å²) in [5.74, 6) is 0.0584. The molecule has 0 fully saturated rings. The van der Waals surface area contributed by atoms with Gasteiger partial charge in [-0.1, -0.05) is 6.07 Å². The maximum absolute atomic E-state index is 12.6. The molecule has 1 aliphatic rings. The third-order valence-electron chi connectivity index (χ3n) is 4.81. The van der Waals surface area contributed by atoms with E-state index in [2.05, 4.69) is 29.7 Å². The Morgan fingerprint density at radius 3 is 2.77 bits per heavy atom. The second-order valence-corrected chi connectivity index (χ2v) is 8.10. The summed E-state index contributed by atoms with van der Waals surface area (Å²) in [7, 11) is 0. The van der Waals surface area contributed by atoms with E-state index in [0.717, 1.165) is 20.8 Å². The van der Waals surface area contributed by atoms with E-state index in [1.165, 1.54) is 5.56 Å². The summed E-state index contributed by atoms with van der Waals surface area (Å²) in [6.07, 6.45) is 0. The SMILES string of the molecule is Cc1ccc2nc(-c3ccc(NC(=O)c4ccc5c(c4)NC(=O)CO5)cc3)sc2c1. The van der Waals surface area contributed by atoms with Gasteiger partial charge in [0.2, 0.25) is 0 Å². The lowest BCUT2D eigenvalue weighted by Gasteiger charge is -2.18.